The summed E-state index contributed by atoms with van der Waals surface area (Å²) in [6.45, 7) is 0. The molecule has 1 heterocycles. The molecule has 0 N–H and O–H groups in total. The first kappa shape index (κ1) is 30.0. The lowest BCUT2D eigenvalue weighted by Gasteiger charge is -2.16. The monoisotopic (exact) mass is 659 g/mol. The van der Waals surface area contributed by atoms with Gasteiger partial charge in [0, 0.05) is 27.1 Å². The van der Waals surface area contributed by atoms with Gasteiger partial charge >= 0.3 is 0 Å². The Labute approximate surface area is 303 Å². The molecule has 10 rings (SSSR count). The quantitative estimate of drug-likeness (QED) is 0.132. The van der Waals surface area contributed by atoms with E-state index in [2.05, 4.69) is 200 Å². The Morgan fingerprint density at radius 1 is 0.231 bits per heavy atom. The first-order valence-corrected chi connectivity index (χ1v) is 17.9. The van der Waals surface area contributed by atoms with Crippen molar-refractivity contribution < 1.29 is 0 Å². The highest BCUT2D eigenvalue weighted by molar-refractivity contribution is 6.21. The number of pyridine rings is 1. The highest BCUT2D eigenvalue weighted by Crippen LogP contribution is 2.41. The van der Waals surface area contributed by atoms with Gasteiger partial charge in [0.15, 0.2) is 0 Å². The molecule has 0 atom stereocenters. The second-order valence-electron chi connectivity index (χ2n) is 13.5. The summed E-state index contributed by atoms with van der Waals surface area (Å²) in [5.41, 5.74) is 14.1. The molecule has 52 heavy (non-hydrogen) atoms. The predicted molar refractivity (Wildman–Crippen MR) is 221 cm³/mol. The molecular formula is C51H33N. The Morgan fingerprint density at radius 3 is 1.12 bits per heavy atom. The summed E-state index contributed by atoms with van der Waals surface area (Å²) in [4.78, 5) is 5.40. The SMILES string of the molecule is c1ccc(-c2cc(-c3ccccc3)cc(-c3cccc(-c4cccc(-c5c6ccc7ccccc7c6nc6c5ccc5ccccc56)c4)c3)c2)cc1. The number of nitrogens with zero attached hydrogens (tertiary/aromatic N) is 1. The van der Waals surface area contributed by atoms with Gasteiger partial charge in [-0.1, -0.05) is 170 Å². The van der Waals surface area contributed by atoms with Crippen LogP contribution in [0, 0.1) is 0 Å². The van der Waals surface area contributed by atoms with E-state index in [1.165, 1.54) is 88.0 Å². The molecule has 0 aliphatic heterocycles. The van der Waals surface area contributed by atoms with Crippen molar-refractivity contribution in [1.82, 2.24) is 4.98 Å². The van der Waals surface area contributed by atoms with E-state index in [1.54, 1.807) is 0 Å². The summed E-state index contributed by atoms with van der Waals surface area (Å²) in [6.07, 6.45) is 0. The second-order valence-corrected chi connectivity index (χ2v) is 13.5. The third kappa shape index (κ3) is 5.23. The molecule has 0 aliphatic carbocycles. The second kappa shape index (κ2) is 12.5. The fourth-order valence-corrected chi connectivity index (χ4v) is 7.84. The lowest BCUT2D eigenvalue weighted by atomic mass is 9.90. The Bertz CT molecular complexity index is 2790. The lowest BCUT2D eigenvalue weighted by Crippen LogP contribution is -1.92. The van der Waals surface area contributed by atoms with Gasteiger partial charge in [-0.2, -0.15) is 0 Å². The molecule has 1 heteroatoms. The summed E-state index contributed by atoms with van der Waals surface area (Å²) in [6, 6.07) is 72.4. The van der Waals surface area contributed by atoms with Crippen molar-refractivity contribution in [3.8, 4) is 55.6 Å². The Balaban J connectivity index is 1.15. The average Bonchev–Trinajstić information content (AvgIpc) is 3.23. The number of fused-ring (bicyclic) bond motifs is 6. The van der Waals surface area contributed by atoms with E-state index >= 15 is 0 Å². The standard InChI is InChI=1S/C51H33N/c1-3-13-34(14-4-1)42-31-43(35-15-5-2-6-16-35)33-44(32-42)40-21-11-19-38(29-40)39-20-12-22-41(30-39)49-47-27-25-36-17-7-9-23-45(36)50(47)52-51-46-24-10-8-18-37(46)26-28-48(49)51/h1-33H. The third-order valence-electron chi connectivity index (χ3n) is 10.4. The normalized spacial score (nSPS) is 11.5. The van der Waals surface area contributed by atoms with E-state index in [0.717, 1.165) is 11.0 Å². The predicted octanol–water partition coefficient (Wildman–Crippen LogP) is 14.0. The Hall–Kier alpha value is -6.83. The van der Waals surface area contributed by atoms with Gasteiger partial charge in [-0.15, -0.1) is 0 Å². The van der Waals surface area contributed by atoms with Gasteiger partial charge in [0.25, 0.3) is 0 Å². The molecule has 0 bridgehead atoms. The Morgan fingerprint density at radius 2 is 0.596 bits per heavy atom. The van der Waals surface area contributed by atoms with Crippen LogP contribution in [0.4, 0.5) is 0 Å². The van der Waals surface area contributed by atoms with Crippen molar-refractivity contribution in [3.63, 3.8) is 0 Å². The molecule has 0 radical (unpaired) electrons. The van der Waals surface area contributed by atoms with Gasteiger partial charge in [-0.3, -0.25) is 0 Å². The molecule has 1 aromatic heterocycles. The van der Waals surface area contributed by atoms with Crippen molar-refractivity contribution in [2.24, 2.45) is 0 Å². The minimum atomic E-state index is 1.04. The van der Waals surface area contributed by atoms with Crippen LogP contribution in [-0.2, 0) is 0 Å². The van der Waals surface area contributed by atoms with Crippen molar-refractivity contribution >= 4 is 43.4 Å². The maximum atomic E-state index is 5.40. The van der Waals surface area contributed by atoms with Crippen molar-refractivity contribution in [2.45, 2.75) is 0 Å². The lowest BCUT2D eigenvalue weighted by molar-refractivity contribution is 1.53. The fourth-order valence-electron chi connectivity index (χ4n) is 7.84. The average molecular weight is 660 g/mol. The third-order valence-corrected chi connectivity index (χ3v) is 10.4. The van der Waals surface area contributed by atoms with E-state index in [9.17, 15) is 0 Å². The topological polar surface area (TPSA) is 12.9 Å². The zero-order valence-electron chi connectivity index (χ0n) is 28.5. The maximum absolute atomic E-state index is 5.40. The maximum Gasteiger partial charge on any atom is 0.0794 e. The number of rotatable bonds is 5. The summed E-state index contributed by atoms with van der Waals surface area (Å²) < 4.78 is 0. The van der Waals surface area contributed by atoms with Crippen LogP contribution in [0.2, 0.25) is 0 Å². The van der Waals surface area contributed by atoms with E-state index in [0.29, 0.717) is 0 Å². The highest BCUT2D eigenvalue weighted by atomic mass is 14.7. The van der Waals surface area contributed by atoms with Crippen LogP contribution < -0.4 is 0 Å². The largest absolute Gasteiger partial charge is 0.246 e. The summed E-state index contributed by atoms with van der Waals surface area (Å²) in [7, 11) is 0. The molecule has 0 spiro atoms. The molecule has 242 valence electrons. The molecular weight excluding hydrogens is 627 g/mol. The minimum absolute atomic E-state index is 1.04. The van der Waals surface area contributed by atoms with Crippen molar-refractivity contribution in [3.05, 3.63) is 200 Å². The molecule has 0 fully saturated rings. The number of benzene rings is 9. The van der Waals surface area contributed by atoms with Gasteiger partial charge < -0.3 is 0 Å². The molecule has 0 aliphatic rings. The summed E-state index contributed by atoms with van der Waals surface area (Å²) in [5.74, 6) is 0. The van der Waals surface area contributed by atoms with E-state index in [1.807, 2.05) is 0 Å². The first-order chi connectivity index (χ1) is 25.8. The van der Waals surface area contributed by atoms with Crippen LogP contribution in [0.5, 0.6) is 0 Å². The zero-order chi connectivity index (χ0) is 34.4. The molecule has 0 amide bonds. The van der Waals surface area contributed by atoms with Gasteiger partial charge in [-0.25, -0.2) is 4.98 Å². The van der Waals surface area contributed by atoms with Gasteiger partial charge in [0.1, 0.15) is 0 Å². The summed E-state index contributed by atoms with van der Waals surface area (Å²) >= 11 is 0. The molecule has 0 saturated heterocycles. The Kier molecular flexibility index (Phi) is 7.22. The number of hydrogen-bond donors (Lipinski definition) is 0. The van der Waals surface area contributed by atoms with E-state index in [-0.39, 0.29) is 0 Å². The van der Waals surface area contributed by atoms with E-state index < -0.39 is 0 Å². The molecule has 10 aromatic rings. The minimum Gasteiger partial charge on any atom is -0.246 e. The van der Waals surface area contributed by atoms with Crippen LogP contribution in [0.15, 0.2) is 200 Å². The molecule has 9 aromatic carbocycles. The number of hydrogen-bond acceptors (Lipinski definition) is 1. The molecule has 0 unspecified atom stereocenters. The van der Waals surface area contributed by atoms with Crippen LogP contribution in [-0.4, -0.2) is 4.98 Å². The molecule has 0 saturated carbocycles. The van der Waals surface area contributed by atoms with Crippen LogP contribution >= 0.6 is 0 Å². The van der Waals surface area contributed by atoms with Gasteiger partial charge in [0.05, 0.1) is 11.0 Å². The van der Waals surface area contributed by atoms with Crippen LogP contribution in [0.3, 0.4) is 0 Å². The fraction of sp³-hybridized carbons (Fsp3) is 0. The van der Waals surface area contributed by atoms with Crippen molar-refractivity contribution in [1.29, 1.82) is 0 Å². The van der Waals surface area contributed by atoms with E-state index in [4.69, 9.17) is 4.98 Å². The number of aromatic nitrogens is 1. The van der Waals surface area contributed by atoms with Crippen molar-refractivity contribution in [2.75, 3.05) is 0 Å². The van der Waals surface area contributed by atoms with Gasteiger partial charge in [0.2, 0.25) is 0 Å². The first-order valence-electron chi connectivity index (χ1n) is 17.9. The molecule has 1 nitrogen and oxygen atoms in total. The van der Waals surface area contributed by atoms with Crippen LogP contribution in [0.25, 0.3) is 99.0 Å². The summed E-state index contributed by atoms with van der Waals surface area (Å²) in [5, 5.41) is 7.08. The van der Waals surface area contributed by atoms with Gasteiger partial charge in [-0.05, 0) is 91.2 Å². The highest BCUT2D eigenvalue weighted by Gasteiger charge is 2.16. The smallest absolute Gasteiger partial charge is 0.0794 e. The zero-order valence-corrected chi connectivity index (χ0v) is 28.5. The van der Waals surface area contributed by atoms with Crippen LogP contribution in [0.1, 0.15) is 0 Å².